The predicted molar refractivity (Wildman–Crippen MR) is 99.1 cm³/mol. The minimum Gasteiger partial charge on any atom is -0.493 e. The number of fused-ring (bicyclic) bond motifs is 2. The smallest absolute Gasteiger partial charge is 0.161 e. The van der Waals surface area contributed by atoms with Crippen molar-refractivity contribution in [2.24, 2.45) is 0 Å². The Morgan fingerprint density at radius 3 is 2.60 bits per heavy atom. The van der Waals surface area contributed by atoms with Crippen molar-refractivity contribution in [3.63, 3.8) is 0 Å². The third kappa shape index (κ3) is 3.05. The first kappa shape index (κ1) is 15.9. The van der Waals surface area contributed by atoms with Crippen molar-refractivity contribution in [2.45, 2.75) is 19.5 Å². The van der Waals surface area contributed by atoms with Crippen LogP contribution in [0.5, 0.6) is 11.5 Å². The molecule has 4 rings (SSSR count). The van der Waals surface area contributed by atoms with Crippen LogP contribution in [0, 0.1) is 0 Å². The summed E-state index contributed by atoms with van der Waals surface area (Å²) in [6.07, 6.45) is 2.88. The molecule has 0 fully saturated rings. The van der Waals surface area contributed by atoms with E-state index in [0.29, 0.717) is 0 Å². The second-order valence-corrected chi connectivity index (χ2v) is 6.42. The van der Waals surface area contributed by atoms with Crippen LogP contribution in [0.2, 0.25) is 0 Å². The lowest BCUT2D eigenvalue weighted by Crippen LogP contribution is -2.30. The zero-order chi connectivity index (χ0) is 17.2. The highest BCUT2D eigenvalue weighted by Crippen LogP contribution is 2.33. The van der Waals surface area contributed by atoms with Gasteiger partial charge in [0.2, 0.25) is 0 Å². The molecule has 1 aliphatic heterocycles. The Labute approximate surface area is 148 Å². The summed E-state index contributed by atoms with van der Waals surface area (Å²) >= 11 is 0. The van der Waals surface area contributed by atoms with Gasteiger partial charge in [0.1, 0.15) is 0 Å². The van der Waals surface area contributed by atoms with Crippen LogP contribution in [0.15, 0.2) is 48.7 Å². The second-order valence-electron chi connectivity index (χ2n) is 6.42. The van der Waals surface area contributed by atoms with Crippen LogP contribution in [0.3, 0.4) is 0 Å². The quantitative estimate of drug-likeness (QED) is 0.727. The summed E-state index contributed by atoms with van der Waals surface area (Å²) in [6, 6.07) is 14.8. The molecule has 0 unspecified atom stereocenters. The molecular weight excluding hydrogens is 312 g/mol. The molecule has 0 N–H and O–H groups in total. The number of hydrogen-bond acceptors (Lipinski definition) is 4. The Morgan fingerprint density at radius 2 is 1.80 bits per heavy atom. The number of rotatable bonds is 4. The molecule has 0 bridgehead atoms. The lowest BCUT2D eigenvalue weighted by Gasteiger charge is -2.29. The summed E-state index contributed by atoms with van der Waals surface area (Å²) in [5, 5.41) is 1.24. The van der Waals surface area contributed by atoms with E-state index in [2.05, 4.69) is 46.3 Å². The third-order valence-electron chi connectivity index (χ3n) is 4.93. The van der Waals surface area contributed by atoms with Gasteiger partial charge in [0, 0.05) is 31.2 Å². The van der Waals surface area contributed by atoms with E-state index in [1.165, 1.54) is 22.1 Å². The molecule has 0 spiro atoms. The first-order chi connectivity index (χ1) is 12.3. The van der Waals surface area contributed by atoms with Crippen molar-refractivity contribution in [3.05, 3.63) is 65.4 Å². The lowest BCUT2D eigenvalue weighted by molar-refractivity contribution is 0.245. The summed E-state index contributed by atoms with van der Waals surface area (Å²) in [4.78, 5) is 6.95. The van der Waals surface area contributed by atoms with E-state index in [-0.39, 0.29) is 0 Å². The summed E-state index contributed by atoms with van der Waals surface area (Å²) in [6.45, 7) is 2.89. The van der Waals surface area contributed by atoms with Crippen LogP contribution in [-0.4, -0.2) is 30.6 Å². The Hall–Kier alpha value is -2.59. The maximum absolute atomic E-state index is 5.46. The van der Waals surface area contributed by atoms with Crippen molar-refractivity contribution in [1.82, 2.24) is 9.88 Å². The molecule has 1 aromatic heterocycles. The first-order valence-electron chi connectivity index (χ1n) is 8.57. The Morgan fingerprint density at radius 1 is 1.00 bits per heavy atom. The van der Waals surface area contributed by atoms with Crippen LogP contribution in [0.4, 0.5) is 0 Å². The van der Waals surface area contributed by atoms with Crippen molar-refractivity contribution in [2.75, 3.05) is 20.8 Å². The minimum absolute atomic E-state index is 0.803. The Bertz CT molecular complexity index is 902. The minimum atomic E-state index is 0.803. The molecule has 0 aliphatic carbocycles. The van der Waals surface area contributed by atoms with E-state index in [4.69, 9.17) is 9.47 Å². The molecule has 0 atom stereocenters. The standard InChI is InChI=1S/C21H22N2O2/c1-24-20-11-15-8-10-23(14-17(15)12-21(20)25-2)13-16-5-3-7-19-18(16)6-4-9-22-19/h3-7,9,11-12H,8,10,13-14H2,1-2H3. The molecule has 4 nitrogen and oxygen atoms in total. The Kier molecular flexibility index (Phi) is 4.28. The lowest BCUT2D eigenvalue weighted by atomic mass is 9.98. The summed E-state index contributed by atoms with van der Waals surface area (Å²) in [5.41, 5.74) is 5.06. The molecule has 25 heavy (non-hydrogen) atoms. The average molecular weight is 334 g/mol. The summed E-state index contributed by atoms with van der Waals surface area (Å²) < 4.78 is 10.9. The van der Waals surface area contributed by atoms with E-state index in [1.807, 2.05) is 12.3 Å². The molecule has 1 aliphatic rings. The van der Waals surface area contributed by atoms with E-state index in [0.717, 1.165) is 43.1 Å². The predicted octanol–water partition coefficient (Wildman–Crippen LogP) is 3.81. The normalized spacial score (nSPS) is 14.3. The van der Waals surface area contributed by atoms with Gasteiger partial charge in [0.15, 0.2) is 11.5 Å². The molecule has 2 heterocycles. The highest BCUT2D eigenvalue weighted by atomic mass is 16.5. The van der Waals surface area contributed by atoms with Gasteiger partial charge in [-0.3, -0.25) is 9.88 Å². The van der Waals surface area contributed by atoms with Crippen LogP contribution in [0.25, 0.3) is 10.9 Å². The fourth-order valence-corrected chi connectivity index (χ4v) is 3.62. The van der Waals surface area contributed by atoms with E-state index in [1.54, 1.807) is 14.2 Å². The van der Waals surface area contributed by atoms with Gasteiger partial charge >= 0.3 is 0 Å². The van der Waals surface area contributed by atoms with Crippen molar-refractivity contribution < 1.29 is 9.47 Å². The van der Waals surface area contributed by atoms with Crippen molar-refractivity contribution >= 4 is 10.9 Å². The highest BCUT2D eigenvalue weighted by molar-refractivity contribution is 5.81. The maximum Gasteiger partial charge on any atom is 0.161 e. The number of pyridine rings is 1. The van der Waals surface area contributed by atoms with Gasteiger partial charge in [-0.05, 0) is 47.4 Å². The van der Waals surface area contributed by atoms with Gasteiger partial charge in [0.05, 0.1) is 19.7 Å². The average Bonchev–Trinajstić information content (AvgIpc) is 2.67. The number of benzene rings is 2. The zero-order valence-corrected chi connectivity index (χ0v) is 14.7. The molecule has 4 heteroatoms. The van der Waals surface area contributed by atoms with Crippen molar-refractivity contribution in [1.29, 1.82) is 0 Å². The summed E-state index contributed by atoms with van der Waals surface area (Å²) in [5.74, 6) is 1.62. The Balaban J connectivity index is 1.60. The molecule has 0 saturated heterocycles. The number of hydrogen-bond donors (Lipinski definition) is 0. The van der Waals surface area contributed by atoms with Gasteiger partial charge in [-0.15, -0.1) is 0 Å². The van der Waals surface area contributed by atoms with Crippen LogP contribution in [-0.2, 0) is 19.5 Å². The largest absolute Gasteiger partial charge is 0.493 e. The molecule has 2 aromatic carbocycles. The number of nitrogens with zero attached hydrogens (tertiary/aromatic N) is 2. The topological polar surface area (TPSA) is 34.6 Å². The molecule has 0 saturated carbocycles. The van der Waals surface area contributed by atoms with Crippen LogP contribution >= 0.6 is 0 Å². The van der Waals surface area contributed by atoms with Crippen LogP contribution in [0.1, 0.15) is 16.7 Å². The van der Waals surface area contributed by atoms with Gasteiger partial charge in [-0.25, -0.2) is 0 Å². The maximum atomic E-state index is 5.46. The molecule has 0 amide bonds. The van der Waals surface area contributed by atoms with Gasteiger partial charge in [-0.2, -0.15) is 0 Å². The number of aromatic nitrogens is 1. The van der Waals surface area contributed by atoms with Crippen molar-refractivity contribution in [3.8, 4) is 11.5 Å². The molecule has 0 radical (unpaired) electrons. The number of ether oxygens (including phenoxy) is 2. The van der Waals surface area contributed by atoms with Gasteiger partial charge in [0.25, 0.3) is 0 Å². The highest BCUT2D eigenvalue weighted by Gasteiger charge is 2.20. The summed E-state index contributed by atoms with van der Waals surface area (Å²) in [7, 11) is 3.38. The fourth-order valence-electron chi connectivity index (χ4n) is 3.62. The SMILES string of the molecule is COc1cc2c(cc1OC)CN(Cc1cccc3ncccc13)CC2. The van der Waals surface area contributed by atoms with Crippen LogP contribution < -0.4 is 9.47 Å². The first-order valence-corrected chi connectivity index (χ1v) is 8.57. The monoisotopic (exact) mass is 334 g/mol. The van der Waals surface area contributed by atoms with Gasteiger partial charge in [-0.1, -0.05) is 18.2 Å². The second kappa shape index (κ2) is 6.73. The third-order valence-corrected chi connectivity index (χ3v) is 4.93. The molecule has 3 aromatic rings. The fraction of sp³-hybridized carbons (Fsp3) is 0.286. The molecule has 128 valence electrons. The van der Waals surface area contributed by atoms with E-state index >= 15 is 0 Å². The van der Waals surface area contributed by atoms with E-state index in [9.17, 15) is 0 Å². The van der Waals surface area contributed by atoms with Gasteiger partial charge < -0.3 is 9.47 Å². The number of methoxy groups -OCH3 is 2. The van der Waals surface area contributed by atoms with E-state index < -0.39 is 0 Å². The zero-order valence-electron chi connectivity index (χ0n) is 14.7. The molecular formula is C21H22N2O2.